The van der Waals surface area contributed by atoms with Gasteiger partial charge >= 0.3 is 0 Å². The first-order valence-electron chi connectivity index (χ1n) is 8.48. The highest BCUT2D eigenvalue weighted by Gasteiger charge is 2.35. The van der Waals surface area contributed by atoms with Crippen LogP contribution >= 0.6 is 0 Å². The van der Waals surface area contributed by atoms with Gasteiger partial charge in [0.25, 0.3) is 0 Å². The highest BCUT2D eigenvalue weighted by Crippen LogP contribution is 2.39. The molecule has 0 heterocycles. The van der Waals surface area contributed by atoms with Gasteiger partial charge in [0.1, 0.15) is 11.5 Å². The summed E-state index contributed by atoms with van der Waals surface area (Å²) < 4.78 is 5.79. The van der Waals surface area contributed by atoms with E-state index in [1.54, 1.807) is 12.1 Å². The van der Waals surface area contributed by atoms with Crippen molar-refractivity contribution in [2.45, 2.75) is 37.1 Å². The van der Waals surface area contributed by atoms with E-state index >= 15 is 0 Å². The summed E-state index contributed by atoms with van der Waals surface area (Å²) in [5, 5.41) is 18.7. The second kappa shape index (κ2) is 7.24. The van der Waals surface area contributed by atoms with Crippen LogP contribution in [0.4, 0.5) is 0 Å². The molecule has 1 saturated carbocycles. The molecule has 0 aliphatic heterocycles. The molecule has 0 spiro atoms. The summed E-state index contributed by atoms with van der Waals surface area (Å²) in [7, 11) is 0. The molecule has 0 aromatic heterocycles. The van der Waals surface area contributed by atoms with Gasteiger partial charge in [-0.15, -0.1) is 0 Å². The van der Waals surface area contributed by atoms with Crippen molar-refractivity contribution in [1.82, 2.24) is 0 Å². The van der Waals surface area contributed by atoms with Gasteiger partial charge in [0, 0.05) is 12.0 Å². The van der Waals surface area contributed by atoms with E-state index in [0.717, 1.165) is 37.0 Å². The Bertz CT molecular complexity index is 654. The van der Waals surface area contributed by atoms with E-state index in [2.05, 4.69) is 12.1 Å². The van der Waals surface area contributed by atoms with E-state index in [0.29, 0.717) is 12.5 Å². The van der Waals surface area contributed by atoms with Crippen molar-refractivity contribution in [2.75, 3.05) is 13.2 Å². The fourth-order valence-corrected chi connectivity index (χ4v) is 3.37. The Balaban J connectivity index is 1.51. The fraction of sp³-hybridized carbons (Fsp3) is 0.400. The van der Waals surface area contributed by atoms with E-state index < -0.39 is 5.54 Å². The van der Waals surface area contributed by atoms with Crippen molar-refractivity contribution in [2.24, 2.45) is 5.73 Å². The number of hydrogen-bond acceptors (Lipinski definition) is 4. The number of benzene rings is 2. The second-order valence-corrected chi connectivity index (χ2v) is 6.79. The van der Waals surface area contributed by atoms with Crippen molar-refractivity contribution in [3.63, 3.8) is 0 Å². The monoisotopic (exact) mass is 327 g/mol. The first-order valence-corrected chi connectivity index (χ1v) is 8.48. The quantitative estimate of drug-likeness (QED) is 0.762. The molecule has 0 radical (unpaired) electrons. The summed E-state index contributed by atoms with van der Waals surface area (Å²) in [6.45, 7) is 0.659. The topological polar surface area (TPSA) is 75.7 Å². The molecule has 0 bridgehead atoms. The number of phenols is 1. The molecule has 2 aromatic rings. The normalized spacial score (nSPS) is 23.3. The summed E-state index contributed by atoms with van der Waals surface area (Å²) in [4.78, 5) is 0. The van der Waals surface area contributed by atoms with E-state index in [4.69, 9.17) is 10.5 Å². The van der Waals surface area contributed by atoms with Crippen molar-refractivity contribution in [3.05, 3.63) is 59.7 Å². The standard InChI is InChI=1S/C20H25NO3/c21-20(14-22)11-9-17(13-20)16-3-7-19(8-4-16)24-12-10-15-1-5-18(23)6-2-15/h1-8,17,22-23H,9-14,21H2/t17-,20-/m1/s1. The smallest absolute Gasteiger partial charge is 0.119 e. The van der Waals surface area contributed by atoms with E-state index in [-0.39, 0.29) is 12.4 Å². The molecule has 2 aromatic carbocycles. The van der Waals surface area contributed by atoms with Gasteiger partial charge in [-0.1, -0.05) is 24.3 Å². The van der Waals surface area contributed by atoms with E-state index in [1.807, 2.05) is 24.3 Å². The van der Waals surface area contributed by atoms with Crippen LogP contribution in [0.3, 0.4) is 0 Å². The molecule has 1 aliphatic rings. The molecule has 3 rings (SSSR count). The lowest BCUT2D eigenvalue weighted by molar-refractivity contribution is 0.198. The molecular formula is C20H25NO3. The van der Waals surface area contributed by atoms with Gasteiger partial charge in [-0.2, -0.15) is 0 Å². The van der Waals surface area contributed by atoms with Crippen LogP contribution in [0.15, 0.2) is 48.5 Å². The molecule has 24 heavy (non-hydrogen) atoms. The number of aromatic hydroxyl groups is 1. The Morgan fingerprint density at radius 2 is 1.79 bits per heavy atom. The van der Waals surface area contributed by atoms with Gasteiger partial charge in [-0.25, -0.2) is 0 Å². The van der Waals surface area contributed by atoms with Gasteiger partial charge in [0.05, 0.1) is 13.2 Å². The Morgan fingerprint density at radius 1 is 1.08 bits per heavy atom. The third-order valence-electron chi connectivity index (χ3n) is 4.91. The maximum Gasteiger partial charge on any atom is 0.119 e. The van der Waals surface area contributed by atoms with Gasteiger partial charge in [-0.3, -0.25) is 0 Å². The maximum absolute atomic E-state index is 9.38. The third-order valence-corrected chi connectivity index (χ3v) is 4.91. The minimum absolute atomic E-state index is 0.0575. The molecule has 0 amide bonds. The van der Waals surface area contributed by atoms with Crippen LogP contribution in [-0.2, 0) is 6.42 Å². The number of ether oxygens (including phenoxy) is 1. The fourth-order valence-electron chi connectivity index (χ4n) is 3.37. The van der Waals surface area contributed by atoms with Crippen molar-refractivity contribution in [1.29, 1.82) is 0 Å². The molecule has 0 saturated heterocycles. The van der Waals surface area contributed by atoms with Crippen LogP contribution in [0.2, 0.25) is 0 Å². The molecule has 1 aliphatic carbocycles. The molecule has 0 unspecified atom stereocenters. The molecular weight excluding hydrogens is 302 g/mol. The van der Waals surface area contributed by atoms with Crippen LogP contribution < -0.4 is 10.5 Å². The van der Waals surface area contributed by atoms with Gasteiger partial charge in [0.15, 0.2) is 0 Å². The second-order valence-electron chi connectivity index (χ2n) is 6.79. The predicted octanol–water partition coefficient (Wildman–Crippen LogP) is 2.97. The summed E-state index contributed by atoms with van der Waals surface area (Å²) in [5.74, 6) is 1.56. The molecule has 4 N–H and O–H groups in total. The molecule has 4 nitrogen and oxygen atoms in total. The number of aliphatic hydroxyl groups excluding tert-OH is 1. The highest BCUT2D eigenvalue weighted by atomic mass is 16.5. The zero-order chi connectivity index (χ0) is 17.0. The first kappa shape index (κ1) is 16.8. The first-order chi connectivity index (χ1) is 11.6. The van der Waals surface area contributed by atoms with Gasteiger partial charge in [-0.05, 0) is 60.6 Å². The van der Waals surface area contributed by atoms with Gasteiger partial charge < -0.3 is 20.7 Å². The number of nitrogens with two attached hydrogens (primary N) is 1. The van der Waals surface area contributed by atoms with E-state index in [1.165, 1.54) is 5.56 Å². The van der Waals surface area contributed by atoms with Crippen LogP contribution in [0.1, 0.15) is 36.3 Å². The average molecular weight is 327 g/mol. The minimum Gasteiger partial charge on any atom is -0.508 e. The lowest BCUT2D eigenvalue weighted by Gasteiger charge is -2.21. The number of phenolic OH excluding ortho intramolecular Hbond substituents is 1. The van der Waals surface area contributed by atoms with Crippen LogP contribution in [0.5, 0.6) is 11.5 Å². The number of hydrogen-bond donors (Lipinski definition) is 3. The number of rotatable bonds is 6. The van der Waals surface area contributed by atoms with Gasteiger partial charge in [0.2, 0.25) is 0 Å². The molecule has 128 valence electrons. The minimum atomic E-state index is -0.413. The zero-order valence-corrected chi connectivity index (χ0v) is 13.8. The summed E-state index contributed by atoms with van der Waals surface area (Å²) in [6.07, 6.45) is 3.54. The van der Waals surface area contributed by atoms with Crippen LogP contribution in [0.25, 0.3) is 0 Å². The van der Waals surface area contributed by atoms with Crippen LogP contribution in [0, 0.1) is 0 Å². The lowest BCUT2D eigenvalue weighted by Crippen LogP contribution is -2.40. The van der Waals surface area contributed by atoms with Crippen molar-refractivity contribution in [3.8, 4) is 11.5 Å². The third kappa shape index (κ3) is 4.08. The predicted molar refractivity (Wildman–Crippen MR) is 94.3 cm³/mol. The Kier molecular flexibility index (Phi) is 5.07. The van der Waals surface area contributed by atoms with Crippen LogP contribution in [-0.4, -0.2) is 29.0 Å². The lowest BCUT2D eigenvalue weighted by atomic mass is 9.94. The van der Waals surface area contributed by atoms with Crippen molar-refractivity contribution < 1.29 is 14.9 Å². The molecule has 1 fully saturated rings. The van der Waals surface area contributed by atoms with E-state index in [9.17, 15) is 10.2 Å². The SMILES string of the molecule is N[C@]1(CO)CC[C@@H](c2ccc(OCCc3ccc(O)cc3)cc2)C1. The average Bonchev–Trinajstić information content (AvgIpc) is 3.00. The molecule has 2 atom stereocenters. The number of aliphatic hydroxyl groups is 1. The maximum atomic E-state index is 9.38. The Morgan fingerprint density at radius 3 is 2.42 bits per heavy atom. The summed E-state index contributed by atoms with van der Waals surface area (Å²) in [6, 6.07) is 15.4. The molecule has 4 heteroatoms. The highest BCUT2D eigenvalue weighted by molar-refractivity contribution is 5.31. The summed E-state index contributed by atoms with van der Waals surface area (Å²) >= 11 is 0. The largest absolute Gasteiger partial charge is 0.508 e. The summed E-state index contributed by atoms with van der Waals surface area (Å²) in [5.41, 5.74) is 8.15. The Hall–Kier alpha value is -2.04. The zero-order valence-electron chi connectivity index (χ0n) is 13.8. The van der Waals surface area contributed by atoms with Crippen molar-refractivity contribution >= 4 is 0 Å². The Labute approximate surface area is 142 Å².